The first-order valence-corrected chi connectivity index (χ1v) is 6.55. The largest absolute Gasteiger partial charge is 0.368 e. The first-order valence-electron chi connectivity index (χ1n) is 6.55. The van der Waals surface area contributed by atoms with Crippen molar-refractivity contribution in [3.63, 3.8) is 0 Å². The van der Waals surface area contributed by atoms with Crippen molar-refractivity contribution in [1.29, 1.82) is 0 Å². The van der Waals surface area contributed by atoms with Gasteiger partial charge in [0.05, 0.1) is 12.7 Å². The molecule has 100 valence electrons. The summed E-state index contributed by atoms with van der Waals surface area (Å²) in [5.74, 6) is 1.91. The summed E-state index contributed by atoms with van der Waals surface area (Å²) in [6.07, 6.45) is 6.07. The normalized spacial score (nSPS) is 14.6. The van der Waals surface area contributed by atoms with E-state index in [0.29, 0.717) is 18.3 Å². The van der Waals surface area contributed by atoms with Crippen molar-refractivity contribution in [3.05, 3.63) is 40.2 Å². The van der Waals surface area contributed by atoms with Gasteiger partial charge in [0.2, 0.25) is 0 Å². The highest BCUT2D eigenvalue weighted by Gasteiger charge is 2.26. The van der Waals surface area contributed by atoms with Crippen LogP contribution in [-0.4, -0.2) is 26.3 Å². The van der Waals surface area contributed by atoms with Crippen LogP contribution in [-0.2, 0) is 6.54 Å². The van der Waals surface area contributed by atoms with Crippen LogP contribution < -0.4 is 10.9 Å². The molecule has 0 saturated heterocycles. The van der Waals surface area contributed by atoms with E-state index in [0.717, 1.165) is 30.8 Å². The maximum Gasteiger partial charge on any atom is 0.252 e. The predicted molar refractivity (Wildman–Crippen MR) is 72.3 cm³/mol. The Bertz CT molecular complexity index is 626. The number of nitrogens with zero attached hydrogens (tertiary/aromatic N) is 3. The Morgan fingerprint density at radius 1 is 1.53 bits per heavy atom. The molecule has 0 unspecified atom stereocenters. The van der Waals surface area contributed by atoms with E-state index in [1.54, 1.807) is 0 Å². The molecule has 0 bridgehead atoms. The van der Waals surface area contributed by atoms with Gasteiger partial charge in [0.25, 0.3) is 5.56 Å². The van der Waals surface area contributed by atoms with Gasteiger partial charge < -0.3 is 10.3 Å². The second-order valence-electron chi connectivity index (χ2n) is 5.00. The maximum atomic E-state index is 11.5. The quantitative estimate of drug-likeness (QED) is 0.847. The van der Waals surface area contributed by atoms with Crippen LogP contribution in [0.5, 0.6) is 0 Å². The molecule has 2 aromatic heterocycles. The molecule has 1 aliphatic carbocycles. The molecule has 1 saturated carbocycles. The number of aromatic amines is 1. The Labute approximate surface area is 110 Å². The second kappa shape index (κ2) is 4.87. The SMILES string of the molecule is Cc1cnn(CCNc2cc(=O)[nH]c(C3CC3)n2)c1. The molecule has 0 spiro atoms. The average Bonchev–Trinajstić information content (AvgIpc) is 3.13. The summed E-state index contributed by atoms with van der Waals surface area (Å²) in [6, 6.07) is 1.50. The Hall–Kier alpha value is -2.11. The number of hydrogen-bond donors (Lipinski definition) is 2. The molecule has 3 rings (SSSR count). The van der Waals surface area contributed by atoms with E-state index in [4.69, 9.17) is 0 Å². The van der Waals surface area contributed by atoms with Gasteiger partial charge in [-0.3, -0.25) is 9.48 Å². The van der Waals surface area contributed by atoms with Gasteiger partial charge in [0.1, 0.15) is 11.6 Å². The van der Waals surface area contributed by atoms with Crippen molar-refractivity contribution in [3.8, 4) is 0 Å². The van der Waals surface area contributed by atoms with Crippen molar-refractivity contribution in [2.75, 3.05) is 11.9 Å². The molecule has 0 aliphatic heterocycles. The van der Waals surface area contributed by atoms with Crippen molar-refractivity contribution in [2.24, 2.45) is 0 Å². The Morgan fingerprint density at radius 3 is 3.05 bits per heavy atom. The number of aromatic nitrogens is 4. The molecular formula is C13H17N5O. The first kappa shape index (κ1) is 12.0. The van der Waals surface area contributed by atoms with E-state index in [2.05, 4.69) is 20.4 Å². The molecule has 0 atom stereocenters. The highest BCUT2D eigenvalue weighted by Crippen LogP contribution is 2.37. The lowest BCUT2D eigenvalue weighted by atomic mass is 10.4. The van der Waals surface area contributed by atoms with Gasteiger partial charge in [-0.15, -0.1) is 0 Å². The molecular weight excluding hydrogens is 242 g/mol. The van der Waals surface area contributed by atoms with Crippen LogP contribution in [0, 0.1) is 6.92 Å². The summed E-state index contributed by atoms with van der Waals surface area (Å²) < 4.78 is 1.87. The molecule has 1 aliphatic rings. The number of aryl methyl sites for hydroxylation is 1. The zero-order chi connectivity index (χ0) is 13.2. The third-order valence-corrected chi connectivity index (χ3v) is 3.13. The second-order valence-corrected chi connectivity index (χ2v) is 5.00. The standard InChI is InChI=1S/C13H17N5O/c1-9-7-15-18(8-9)5-4-14-11-6-12(19)17-13(16-11)10-2-3-10/h6-8,10H,2-5H2,1H3,(H2,14,16,17,19). The Kier molecular flexibility index (Phi) is 3.06. The number of H-pyrrole nitrogens is 1. The van der Waals surface area contributed by atoms with Gasteiger partial charge in [-0.2, -0.15) is 5.10 Å². The predicted octanol–water partition coefficient (Wildman–Crippen LogP) is 1.26. The van der Waals surface area contributed by atoms with Gasteiger partial charge in [0.15, 0.2) is 0 Å². The fraction of sp³-hybridized carbons (Fsp3) is 0.462. The molecule has 2 heterocycles. The van der Waals surface area contributed by atoms with Crippen LogP contribution in [0.4, 0.5) is 5.82 Å². The third-order valence-electron chi connectivity index (χ3n) is 3.13. The van der Waals surface area contributed by atoms with Gasteiger partial charge in [-0.05, 0) is 25.3 Å². The van der Waals surface area contributed by atoms with Crippen LogP contribution in [0.2, 0.25) is 0 Å². The lowest BCUT2D eigenvalue weighted by Gasteiger charge is -2.07. The summed E-state index contributed by atoms with van der Waals surface area (Å²) in [5, 5.41) is 7.38. The highest BCUT2D eigenvalue weighted by atomic mass is 16.1. The van der Waals surface area contributed by atoms with Crippen molar-refractivity contribution >= 4 is 5.82 Å². The molecule has 2 N–H and O–H groups in total. The van der Waals surface area contributed by atoms with Crippen molar-refractivity contribution in [1.82, 2.24) is 19.7 Å². The number of hydrogen-bond acceptors (Lipinski definition) is 4. The lowest BCUT2D eigenvalue weighted by Crippen LogP contribution is -2.16. The maximum absolute atomic E-state index is 11.5. The lowest BCUT2D eigenvalue weighted by molar-refractivity contribution is 0.636. The van der Waals surface area contributed by atoms with Crippen molar-refractivity contribution < 1.29 is 0 Å². The zero-order valence-corrected chi connectivity index (χ0v) is 10.9. The fourth-order valence-corrected chi connectivity index (χ4v) is 2.00. The van der Waals surface area contributed by atoms with E-state index in [9.17, 15) is 4.79 Å². The van der Waals surface area contributed by atoms with E-state index in [1.165, 1.54) is 6.07 Å². The zero-order valence-electron chi connectivity index (χ0n) is 10.9. The summed E-state index contributed by atoms with van der Waals surface area (Å²) >= 11 is 0. The summed E-state index contributed by atoms with van der Waals surface area (Å²) in [4.78, 5) is 18.8. The van der Waals surface area contributed by atoms with E-state index in [1.807, 2.05) is 24.0 Å². The topological polar surface area (TPSA) is 75.6 Å². The summed E-state index contributed by atoms with van der Waals surface area (Å²) in [6.45, 7) is 3.46. The summed E-state index contributed by atoms with van der Waals surface area (Å²) in [5.41, 5.74) is 1.06. The molecule has 0 radical (unpaired) electrons. The van der Waals surface area contributed by atoms with Crippen LogP contribution in [0.1, 0.15) is 30.1 Å². The molecule has 0 aromatic carbocycles. The Balaban J connectivity index is 1.61. The average molecular weight is 259 g/mol. The van der Waals surface area contributed by atoms with Gasteiger partial charge in [-0.25, -0.2) is 4.98 Å². The molecule has 1 fully saturated rings. The highest BCUT2D eigenvalue weighted by molar-refractivity contribution is 5.33. The number of rotatable bonds is 5. The van der Waals surface area contributed by atoms with Crippen LogP contribution >= 0.6 is 0 Å². The first-order chi connectivity index (χ1) is 9.20. The monoisotopic (exact) mass is 259 g/mol. The molecule has 6 nitrogen and oxygen atoms in total. The van der Waals surface area contributed by atoms with Crippen LogP contribution in [0.15, 0.2) is 23.3 Å². The smallest absolute Gasteiger partial charge is 0.252 e. The van der Waals surface area contributed by atoms with E-state index >= 15 is 0 Å². The minimum absolute atomic E-state index is 0.0886. The van der Waals surface area contributed by atoms with Gasteiger partial charge >= 0.3 is 0 Å². The molecule has 2 aromatic rings. The number of nitrogens with one attached hydrogen (secondary N) is 2. The van der Waals surface area contributed by atoms with E-state index in [-0.39, 0.29) is 5.56 Å². The fourth-order valence-electron chi connectivity index (χ4n) is 2.00. The molecule has 6 heteroatoms. The minimum atomic E-state index is -0.0886. The minimum Gasteiger partial charge on any atom is -0.368 e. The Morgan fingerprint density at radius 2 is 2.37 bits per heavy atom. The number of anilines is 1. The van der Waals surface area contributed by atoms with Crippen molar-refractivity contribution in [2.45, 2.75) is 32.2 Å². The van der Waals surface area contributed by atoms with Gasteiger partial charge in [-0.1, -0.05) is 0 Å². The summed E-state index contributed by atoms with van der Waals surface area (Å²) in [7, 11) is 0. The van der Waals surface area contributed by atoms with E-state index < -0.39 is 0 Å². The van der Waals surface area contributed by atoms with Crippen LogP contribution in [0.25, 0.3) is 0 Å². The molecule has 0 amide bonds. The third kappa shape index (κ3) is 3.01. The van der Waals surface area contributed by atoms with Gasteiger partial charge in [0, 0.05) is 24.7 Å². The van der Waals surface area contributed by atoms with Crippen LogP contribution in [0.3, 0.4) is 0 Å². The molecule has 19 heavy (non-hydrogen) atoms.